The van der Waals surface area contributed by atoms with Gasteiger partial charge < -0.3 is 0 Å². The monoisotopic (exact) mass is 255 g/mol. The molecule has 0 unspecified atom stereocenters. The molecule has 0 saturated carbocycles. The normalized spacial score (nSPS) is 11.6. The number of sulfone groups is 1. The first-order valence-corrected chi connectivity index (χ1v) is 7.95. The maximum Gasteiger partial charge on any atom is 0.178 e. The van der Waals surface area contributed by atoms with E-state index in [2.05, 4.69) is 11.9 Å². The van der Waals surface area contributed by atoms with Gasteiger partial charge in [0.15, 0.2) is 9.84 Å². The van der Waals surface area contributed by atoms with E-state index in [4.69, 9.17) is 0 Å². The SMILES string of the molecule is CCCCCCCCS(=O)(=O)c1ccncc1. The largest absolute Gasteiger partial charge is 0.265 e. The molecule has 1 aromatic heterocycles. The van der Waals surface area contributed by atoms with Crippen molar-refractivity contribution in [3.05, 3.63) is 24.5 Å². The molecule has 0 aliphatic heterocycles. The van der Waals surface area contributed by atoms with Gasteiger partial charge in [0.05, 0.1) is 10.6 Å². The van der Waals surface area contributed by atoms with Gasteiger partial charge in [0.2, 0.25) is 0 Å². The van der Waals surface area contributed by atoms with Gasteiger partial charge in [-0.3, -0.25) is 4.98 Å². The molecular weight excluding hydrogens is 234 g/mol. The Kier molecular flexibility index (Phi) is 6.19. The second-order valence-electron chi connectivity index (χ2n) is 4.27. The predicted molar refractivity (Wildman–Crippen MR) is 69.7 cm³/mol. The van der Waals surface area contributed by atoms with E-state index in [1.807, 2.05) is 0 Å². The van der Waals surface area contributed by atoms with Gasteiger partial charge in [-0.25, -0.2) is 8.42 Å². The number of pyridine rings is 1. The van der Waals surface area contributed by atoms with Crippen LogP contribution in [-0.4, -0.2) is 19.2 Å². The van der Waals surface area contributed by atoms with Gasteiger partial charge in [0.1, 0.15) is 0 Å². The van der Waals surface area contributed by atoms with Gasteiger partial charge in [-0.1, -0.05) is 39.0 Å². The molecule has 17 heavy (non-hydrogen) atoms. The Labute approximate surface area is 104 Å². The molecule has 3 nitrogen and oxygen atoms in total. The van der Waals surface area contributed by atoms with E-state index in [0.29, 0.717) is 4.90 Å². The number of hydrogen-bond acceptors (Lipinski definition) is 3. The lowest BCUT2D eigenvalue weighted by atomic mass is 10.1. The van der Waals surface area contributed by atoms with Gasteiger partial charge in [0.25, 0.3) is 0 Å². The second-order valence-corrected chi connectivity index (χ2v) is 6.38. The molecule has 0 aliphatic rings. The number of aromatic nitrogens is 1. The molecule has 0 amide bonds. The Balaban J connectivity index is 2.31. The third-order valence-electron chi connectivity index (χ3n) is 2.78. The topological polar surface area (TPSA) is 47.0 Å². The summed E-state index contributed by atoms with van der Waals surface area (Å²) < 4.78 is 23.8. The standard InChI is InChI=1S/C13H21NO2S/c1-2-3-4-5-6-7-12-17(15,16)13-8-10-14-11-9-13/h8-11H,2-7,12H2,1H3. The summed E-state index contributed by atoms with van der Waals surface area (Å²) in [4.78, 5) is 4.21. The molecule has 1 aromatic rings. The first kappa shape index (κ1) is 14.2. The lowest BCUT2D eigenvalue weighted by Gasteiger charge is -2.04. The Morgan fingerprint density at radius 1 is 1.00 bits per heavy atom. The van der Waals surface area contributed by atoms with Gasteiger partial charge in [-0.15, -0.1) is 0 Å². The van der Waals surface area contributed by atoms with Crippen LogP contribution in [0.25, 0.3) is 0 Å². The van der Waals surface area contributed by atoms with Crippen molar-refractivity contribution in [3.8, 4) is 0 Å². The van der Waals surface area contributed by atoms with Crippen LogP contribution >= 0.6 is 0 Å². The zero-order valence-electron chi connectivity index (χ0n) is 10.4. The maximum absolute atomic E-state index is 11.9. The third kappa shape index (κ3) is 5.31. The summed E-state index contributed by atoms with van der Waals surface area (Å²) in [6.45, 7) is 2.17. The maximum atomic E-state index is 11.9. The van der Waals surface area contributed by atoms with Crippen LogP contribution in [0.4, 0.5) is 0 Å². The fourth-order valence-corrected chi connectivity index (χ4v) is 3.09. The molecule has 0 aromatic carbocycles. The van der Waals surface area contributed by atoms with Crippen LogP contribution in [0.2, 0.25) is 0 Å². The summed E-state index contributed by atoms with van der Waals surface area (Å²) in [5.41, 5.74) is 0. The Morgan fingerprint density at radius 2 is 1.59 bits per heavy atom. The van der Waals surface area contributed by atoms with Crippen molar-refractivity contribution in [2.45, 2.75) is 50.3 Å². The van der Waals surface area contributed by atoms with E-state index >= 15 is 0 Å². The van der Waals surface area contributed by atoms with Crippen molar-refractivity contribution in [1.82, 2.24) is 4.98 Å². The fraction of sp³-hybridized carbons (Fsp3) is 0.615. The Hall–Kier alpha value is -0.900. The van der Waals surface area contributed by atoms with Crippen molar-refractivity contribution >= 4 is 9.84 Å². The molecule has 4 heteroatoms. The highest BCUT2D eigenvalue weighted by Crippen LogP contribution is 2.12. The summed E-state index contributed by atoms with van der Waals surface area (Å²) >= 11 is 0. The predicted octanol–water partition coefficient (Wildman–Crippen LogP) is 3.22. The Bertz CT molecular complexity index is 401. The molecule has 96 valence electrons. The molecule has 0 radical (unpaired) electrons. The van der Waals surface area contributed by atoms with Crippen molar-refractivity contribution < 1.29 is 8.42 Å². The molecule has 0 aliphatic carbocycles. The third-order valence-corrected chi connectivity index (χ3v) is 4.59. The highest BCUT2D eigenvalue weighted by molar-refractivity contribution is 7.91. The number of rotatable bonds is 8. The first-order valence-electron chi connectivity index (χ1n) is 6.29. The van der Waals surface area contributed by atoms with Gasteiger partial charge in [-0.05, 0) is 18.6 Å². The van der Waals surface area contributed by atoms with E-state index in [9.17, 15) is 8.42 Å². The minimum Gasteiger partial charge on any atom is -0.265 e. The minimum absolute atomic E-state index is 0.253. The summed E-state index contributed by atoms with van der Waals surface area (Å²) in [6.07, 6.45) is 9.62. The van der Waals surface area contributed by atoms with Crippen LogP contribution in [0.1, 0.15) is 45.4 Å². The highest BCUT2D eigenvalue weighted by atomic mass is 32.2. The molecular formula is C13H21NO2S. The van der Waals surface area contributed by atoms with Crippen LogP contribution in [0.3, 0.4) is 0 Å². The number of unbranched alkanes of at least 4 members (excludes halogenated alkanes) is 5. The van der Waals surface area contributed by atoms with E-state index in [-0.39, 0.29) is 5.75 Å². The van der Waals surface area contributed by atoms with Crippen LogP contribution in [0.15, 0.2) is 29.4 Å². The van der Waals surface area contributed by atoms with Gasteiger partial charge in [-0.2, -0.15) is 0 Å². The van der Waals surface area contributed by atoms with Crippen LogP contribution in [-0.2, 0) is 9.84 Å². The minimum atomic E-state index is -3.09. The molecule has 1 heterocycles. The molecule has 0 fully saturated rings. The average molecular weight is 255 g/mol. The van der Waals surface area contributed by atoms with Gasteiger partial charge >= 0.3 is 0 Å². The van der Waals surface area contributed by atoms with E-state index in [0.717, 1.165) is 19.3 Å². The molecule has 0 N–H and O–H groups in total. The number of hydrogen-bond donors (Lipinski definition) is 0. The molecule has 0 atom stereocenters. The smallest absolute Gasteiger partial charge is 0.178 e. The molecule has 0 spiro atoms. The fourth-order valence-electron chi connectivity index (χ4n) is 1.74. The van der Waals surface area contributed by atoms with Crippen LogP contribution < -0.4 is 0 Å². The van der Waals surface area contributed by atoms with Crippen molar-refractivity contribution in [1.29, 1.82) is 0 Å². The van der Waals surface area contributed by atoms with E-state index < -0.39 is 9.84 Å². The zero-order valence-corrected chi connectivity index (χ0v) is 11.2. The van der Waals surface area contributed by atoms with E-state index in [1.54, 1.807) is 12.1 Å². The van der Waals surface area contributed by atoms with E-state index in [1.165, 1.54) is 31.7 Å². The molecule has 0 saturated heterocycles. The van der Waals surface area contributed by atoms with Crippen molar-refractivity contribution in [2.24, 2.45) is 0 Å². The quantitative estimate of drug-likeness (QED) is 0.670. The lowest BCUT2D eigenvalue weighted by Crippen LogP contribution is -2.06. The summed E-state index contributed by atoms with van der Waals surface area (Å²) in [5.74, 6) is 0.253. The first-order chi connectivity index (χ1) is 8.17. The average Bonchev–Trinajstić information content (AvgIpc) is 2.35. The summed E-state index contributed by atoms with van der Waals surface area (Å²) in [5, 5.41) is 0. The zero-order chi connectivity index (χ0) is 12.6. The van der Waals surface area contributed by atoms with Gasteiger partial charge in [0, 0.05) is 12.4 Å². The van der Waals surface area contributed by atoms with Crippen molar-refractivity contribution in [3.63, 3.8) is 0 Å². The number of nitrogens with zero attached hydrogens (tertiary/aromatic N) is 1. The van der Waals surface area contributed by atoms with Crippen LogP contribution in [0, 0.1) is 0 Å². The molecule has 1 rings (SSSR count). The van der Waals surface area contributed by atoms with Crippen LogP contribution in [0.5, 0.6) is 0 Å². The summed E-state index contributed by atoms with van der Waals surface area (Å²) in [7, 11) is -3.09. The highest BCUT2D eigenvalue weighted by Gasteiger charge is 2.12. The van der Waals surface area contributed by atoms with Crippen molar-refractivity contribution in [2.75, 3.05) is 5.75 Å². The second kappa shape index (κ2) is 7.43. The summed E-state index contributed by atoms with van der Waals surface area (Å²) in [6, 6.07) is 3.12. The molecule has 0 bridgehead atoms. The lowest BCUT2D eigenvalue weighted by molar-refractivity contribution is 0.583. The Morgan fingerprint density at radius 3 is 2.24 bits per heavy atom.